The molecule has 2 unspecified atom stereocenters. The molecule has 1 aliphatic rings. The molecule has 2 atom stereocenters. The number of nitrogens with one attached hydrogen (secondary N) is 1. The summed E-state index contributed by atoms with van der Waals surface area (Å²) >= 11 is 0. The second-order valence-electron chi connectivity index (χ2n) is 4.26. The van der Waals surface area contributed by atoms with Gasteiger partial charge in [0.15, 0.2) is 0 Å². The largest absolute Gasteiger partial charge is 0.477 e. The number of carboxylic acids is 1. The summed E-state index contributed by atoms with van der Waals surface area (Å²) in [6.45, 7) is 2.08. The summed E-state index contributed by atoms with van der Waals surface area (Å²) in [4.78, 5) is 20.9. The molecule has 0 amide bonds. The second kappa shape index (κ2) is 4.04. The van der Waals surface area contributed by atoms with Crippen molar-refractivity contribution in [1.29, 1.82) is 0 Å². The molecule has 1 saturated carbocycles. The molecule has 0 spiro atoms. The Morgan fingerprint density at radius 3 is 2.71 bits per heavy atom. The van der Waals surface area contributed by atoms with E-state index in [-0.39, 0.29) is 11.3 Å². The minimum absolute atomic E-state index is 0.288. The van der Waals surface area contributed by atoms with Gasteiger partial charge in [0.25, 0.3) is 5.69 Å². The number of anilines is 1. The van der Waals surface area contributed by atoms with Gasteiger partial charge in [-0.15, -0.1) is 0 Å². The predicted octanol–water partition coefficient (Wildman–Crippen LogP) is 2.11. The van der Waals surface area contributed by atoms with Crippen LogP contribution in [-0.2, 0) is 0 Å². The Kier molecular flexibility index (Phi) is 2.71. The summed E-state index contributed by atoms with van der Waals surface area (Å²) in [6, 6.07) is 4.43. The van der Waals surface area contributed by atoms with Crippen LogP contribution in [0.2, 0.25) is 0 Å². The van der Waals surface area contributed by atoms with E-state index in [0.717, 1.165) is 6.42 Å². The Labute approximate surface area is 97.4 Å². The minimum Gasteiger partial charge on any atom is -0.477 e. The molecule has 1 aliphatic carbocycles. The molecule has 0 aromatic heterocycles. The van der Waals surface area contributed by atoms with Gasteiger partial charge in [-0.2, -0.15) is 0 Å². The molecule has 17 heavy (non-hydrogen) atoms. The monoisotopic (exact) mass is 236 g/mol. The molecule has 0 aliphatic heterocycles. The average molecular weight is 236 g/mol. The normalized spacial score (nSPS) is 21.9. The van der Waals surface area contributed by atoms with E-state index >= 15 is 0 Å². The van der Waals surface area contributed by atoms with Crippen molar-refractivity contribution in [2.75, 3.05) is 5.32 Å². The van der Waals surface area contributed by atoms with Gasteiger partial charge in [-0.1, -0.05) is 6.92 Å². The molecule has 0 saturated heterocycles. The Bertz CT molecular complexity index is 486. The van der Waals surface area contributed by atoms with Crippen molar-refractivity contribution in [3.63, 3.8) is 0 Å². The minimum atomic E-state index is -1.29. The molecule has 1 aromatic carbocycles. The van der Waals surface area contributed by atoms with Crippen LogP contribution in [0.3, 0.4) is 0 Å². The zero-order valence-electron chi connectivity index (χ0n) is 9.21. The molecule has 1 fully saturated rings. The van der Waals surface area contributed by atoms with Gasteiger partial charge in [0.2, 0.25) is 0 Å². The van der Waals surface area contributed by atoms with Crippen molar-refractivity contribution < 1.29 is 14.8 Å². The fourth-order valence-electron chi connectivity index (χ4n) is 1.69. The number of carboxylic acid groups (broad SMARTS) is 1. The number of carbonyl (C=O) groups is 1. The van der Waals surface area contributed by atoms with Gasteiger partial charge in [-0.3, -0.25) is 10.1 Å². The number of aromatic carboxylic acids is 1. The molecule has 6 nitrogen and oxygen atoms in total. The van der Waals surface area contributed by atoms with Gasteiger partial charge in [0.05, 0.1) is 4.92 Å². The highest BCUT2D eigenvalue weighted by molar-refractivity contribution is 5.93. The number of rotatable bonds is 4. The topological polar surface area (TPSA) is 92.5 Å². The highest BCUT2D eigenvalue weighted by Gasteiger charge is 2.32. The molecular formula is C11H12N2O4. The molecular weight excluding hydrogens is 224 g/mol. The smallest absolute Gasteiger partial charge is 0.342 e. The fourth-order valence-corrected chi connectivity index (χ4v) is 1.69. The number of nitro benzene ring substituents is 1. The zero-order valence-corrected chi connectivity index (χ0v) is 9.21. The third-order valence-corrected chi connectivity index (χ3v) is 2.89. The van der Waals surface area contributed by atoms with Gasteiger partial charge in [0.1, 0.15) is 5.56 Å². The Hall–Kier alpha value is -2.11. The average Bonchev–Trinajstić information content (AvgIpc) is 2.93. The Balaban J connectivity index is 2.28. The predicted molar refractivity (Wildman–Crippen MR) is 61.2 cm³/mol. The maximum atomic E-state index is 10.8. The third kappa shape index (κ3) is 2.35. The van der Waals surface area contributed by atoms with Crippen LogP contribution in [0.15, 0.2) is 18.2 Å². The number of hydrogen-bond donors (Lipinski definition) is 2. The fraction of sp³-hybridized carbons (Fsp3) is 0.364. The number of nitro groups is 1. The Morgan fingerprint density at radius 1 is 1.59 bits per heavy atom. The molecule has 2 N–H and O–H groups in total. The summed E-state index contributed by atoms with van der Waals surface area (Å²) < 4.78 is 0. The molecule has 90 valence electrons. The summed E-state index contributed by atoms with van der Waals surface area (Å²) in [7, 11) is 0. The van der Waals surface area contributed by atoms with E-state index in [4.69, 9.17) is 5.11 Å². The second-order valence-corrected chi connectivity index (χ2v) is 4.26. The molecule has 0 radical (unpaired) electrons. The number of hydrogen-bond acceptors (Lipinski definition) is 4. The summed E-state index contributed by atoms with van der Waals surface area (Å²) in [5.41, 5.74) is -0.0729. The lowest BCUT2D eigenvalue weighted by atomic mass is 10.1. The van der Waals surface area contributed by atoms with Crippen molar-refractivity contribution in [1.82, 2.24) is 0 Å². The van der Waals surface area contributed by atoms with Crippen LogP contribution in [0.1, 0.15) is 23.7 Å². The summed E-state index contributed by atoms with van der Waals surface area (Å²) in [5, 5.41) is 22.7. The van der Waals surface area contributed by atoms with Crippen LogP contribution in [0.25, 0.3) is 0 Å². The maximum absolute atomic E-state index is 10.8. The van der Waals surface area contributed by atoms with Crippen LogP contribution in [0.4, 0.5) is 11.4 Å². The van der Waals surface area contributed by atoms with Gasteiger partial charge in [-0.05, 0) is 24.5 Å². The highest BCUT2D eigenvalue weighted by atomic mass is 16.6. The van der Waals surface area contributed by atoms with E-state index in [0.29, 0.717) is 17.6 Å². The van der Waals surface area contributed by atoms with E-state index in [1.165, 1.54) is 12.1 Å². The van der Waals surface area contributed by atoms with Crippen molar-refractivity contribution in [2.45, 2.75) is 19.4 Å². The van der Waals surface area contributed by atoms with Gasteiger partial charge in [-0.25, -0.2) is 4.79 Å². The molecule has 1 aromatic rings. The van der Waals surface area contributed by atoms with Crippen LogP contribution >= 0.6 is 0 Å². The standard InChI is InChI=1S/C11H12N2O4/c1-6-4-9(6)12-7-2-3-8(11(14)15)10(5-7)13(16)17/h2-3,5-6,9,12H,4H2,1H3,(H,14,15). The van der Waals surface area contributed by atoms with Crippen molar-refractivity contribution in [3.8, 4) is 0 Å². The third-order valence-electron chi connectivity index (χ3n) is 2.89. The number of benzene rings is 1. The number of nitrogens with zero attached hydrogens (tertiary/aromatic N) is 1. The first-order chi connectivity index (χ1) is 7.99. The van der Waals surface area contributed by atoms with E-state index in [2.05, 4.69) is 12.2 Å². The van der Waals surface area contributed by atoms with Crippen LogP contribution in [0, 0.1) is 16.0 Å². The molecule has 0 heterocycles. The quantitative estimate of drug-likeness (QED) is 0.617. The van der Waals surface area contributed by atoms with Crippen molar-refractivity contribution in [3.05, 3.63) is 33.9 Å². The van der Waals surface area contributed by atoms with Crippen LogP contribution in [-0.4, -0.2) is 22.0 Å². The molecule has 2 rings (SSSR count). The first-order valence-corrected chi connectivity index (χ1v) is 5.27. The Morgan fingerprint density at radius 2 is 2.24 bits per heavy atom. The lowest BCUT2D eigenvalue weighted by Gasteiger charge is -2.06. The first-order valence-electron chi connectivity index (χ1n) is 5.27. The first kappa shape index (κ1) is 11.4. The summed E-state index contributed by atoms with van der Waals surface area (Å²) in [5.74, 6) is -0.726. The van der Waals surface area contributed by atoms with Crippen molar-refractivity contribution >= 4 is 17.3 Å². The SMILES string of the molecule is CC1CC1Nc1ccc(C(=O)O)c([N+](=O)[O-])c1. The van der Waals surface area contributed by atoms with Crippen molar-refractivity contribution in [2.24, 2.45) is 5.92 Å². The zero-order chi connectivity index (χ0) is 12.6. The summed E-state index contributed by atoms with van der Waals surface area (Å²) in [6.07, 6.45) is 1.04. The van der Waals surface area contributed by atoms with Gasteiger partial charge in [0, 0.05) is 17.8 Å². The lowest BCUT2D eigenvalue weighted by molar-refractivity contribution is -0.385. The molecule has 0 bridgehead atoms. The van der Waals surface area contributed by atoms with Crippen LogP contribution in [0.5, 0.6) is 0 Å². The maximum Gasteiger partial charge on any atom is 0.342 e. The van der Waals surface area contributed by atoms with Gasteiger partial charge < -0.3 is 10.4 Å². The highest BCUT2D eigenvalue weighted by Crippen LogP contribution is 2.34. The van der Waals surface area contributed by atoms with E-state index in [1.807, 2.05) is 0 Å². The van der Waals surface area contributed by atoms with Crippen LogP contribution < -0.4 is 5.32 Å². The van der Waals surface area contributed by atoms with E-state index in [9.17, 15) is 14.9 Å². The lowest BCUT2D eigenvalue weighted by Crippen LogP contribution is -2.07. The van der Waals surface area contributed by atoms with E-state index < -0.39 is 10.9 Å². The van der Waals surface area contributed by atoms with E-state index in [1.54, 1.807) is 6.07 Å². The molecule has 6 heteroatoms. The van der Waals surface area contributed by atoms with Gasteiger partial charge >= 0.3 is 5.97 Å².